The van der Waals surface area contributed by atoms with Gasteiger partial charge in [-0.1, -0.05) is 12.1 Å². The highest BCUT2D eigenvalue weighted by molar-refractivity contribution is 5.60. The van der Waals surface area contributed by atoms with Crippen LogP contribution >= 0.6 is 0 Å². The number of benzene rings is 1. The van der Waals surface area contributed by atoms with Crippen molar-refractivity contribution in [2.75, 3.05) is 5.73 Å². The fourth-order valence-electron chi connectivity index (χ4n) is 1.81. The van der Waals surface area contributed by atoms with Gasteiger partial charge in [0.1, 0.15) is 0 Å². The molecule has 0 unspecified atom stereocenters. The van der Waals surface area contributed by atoms with E-state index in [-0.39, 0.29) is 5.41 Å². The molecule has 0 saturated heterocycles. The van der Waals surface area contributed by atoms with Gasteiger partial charge in [-0.15, -0.1) is 0 Å². The van der Waals surface area contributed by atoms with Crippen molar-refractivity contribution in [3.8, 4) is 11.5 Å². The van der Waals surface area contributed by atoms with E-state index < -0.39 is 0 Å². The van der Waals surface area contributed by atoms with Gasteiger partial charge in [-0.05, 0) is 43.5 Å². The van der Waals surface area contributed by atoms with Gasteiger partial charge in [-0.25, -0.2) is 0 Å². The first-order valence-electron chi connectivity index (χ1n) is 5.79. The molecule has 2 N–H and O–H groups in total. The molecule has 17 heavy (non-hydrogen) atoms. The zero-order valence-electron chi connectivity index (χ0n) is 10.0. The Kier molecular flexibility index (Phi) is 2.02. The topological polar surface area (TPSA) is 64.9 Å². The zero-order chi connectivity index (χ0) is 12.0. The van der Waals surface area contributed by atoms with Gasteiger partial charge in [0.25, 0.3) is 5.89 Å². The van der Waals surface area contributed by atoms with Gasteiger partial charge in [0.2, 0.25) is 0 Å². The van der Waals surface area contributed by atoms with Gasteiger partial charge in [-0.3, -0.25) is 0 Å². The summed E-state index contributed by atoms with van der Waals surface area (Å²) >= 11 is 0. The molecule has 0 amide bonds. The van der Waals surface area contributed by atoms with Gasteiger partial charge < -0.3 is 10.3 Å². The summed E-state index contributed by atoms with van der Waals surface area (Å²) in [6.07, 6.45) is 2.29. The zero-order valence-corrected chi connectivity index (χ0v) is 10.0. The van der Waals surface area contributed by atoms with Gasteiger partial charge in [0, 0.05) is 16.7 Å². The number of aryl methyl sites for hydroxylation is 1. The van der Waals surface area contributed by atoms with Crippen LogP contribution in [0.1, 0.15) is 31.2 Å². The van der Waals surface area contributed by atoms with Crippen molar-refractivity contribution in [2.45, 2.75) is 32.1 Å². The summed E-state index contributed by atoms with van der Waals surface area (Å²) in [6.45, 7) is 4.13. The van der Waals surface area contributed by atoms with Crippen LogP contribution < -0.4 is 5.73 Å². The molecule has 1 fully saturated rings. The minimum atomic E-state index is 0.143. The van der Waals surface area contributed by atoms with Crippen molar-refractivity contribution >= 4 is 5.69 Å². The SMILES string of the molecule is Cc1cc(-c2nc(C3(C)CC3)no2)ccc1N. The summed E-state index contributed by atoms with van der Waals surface area (Å²) in [4.78, 5) is 4.47. The standard InChI is InChI=1S/C13H15N3O/c1-8-7-9(3-4-10(8)14)11-15-12(16-17-11)13(2)5-6-13/h3-4,7H,5-6,14H2,1-2H3. The number of rotatable bonds is 2. The first kappa shape index (κ1) is 10.3. The van der Waals surface area contributed by atoms with Crippen LogP contribution in [-0.2, 0) is 5.41 Å². The number of nitrogen functional groups attached to an aromatic ring is 1. The van der Waals surface area contributed by atoms with E-state index in [1.54, 1.807) is 0 Å². The van der Waals surface area contributed by atoms with E-state index in [1.807, 2.05) is 25.1 Å². The average molecular weight is 229 g/mol. The lowest BCUT2D eigenvalue weighted by molar-refractivity contribution is 0.416. The van der Waals surface area contributed by atoms with Crippen LogP contribution in [0.4, 0.5) is 5.69 Å². The van der Waals surface area contributed by atoms with E-state index in [1.165, 1.54) is 0 Å². The Morgan fingerprint density at radius 1 is 1.35 bits per heavy atom. The van der Waals surface area contributed by atoms with Crippen LogP contribution in [0.3, 0.4) is 0 Å². The number of hydrogen-bond acceptors (Lipinski definition) is 4. The molecule has 4 nitrogen and oxygen atoms in total. The van der Waals surface area contributed by atoms with E-state index in [4.69, 9.17) is 10.3 Å². The number of nitrogens with two attached hydrogens (primary N) is 1. The van der Waals surface area contributed by atoms with Crippen molar-refractivity contribution in [3.63, 3.8) is 0 Å². The van der Waals surface area contributed by atoms with Crippen molar-refractivity contribution in [2.24, 2.45) is 0 Å². The van der Waals surface area contributed by atoms with Gasteiger partial charge in [0.05, 0.1) is 0 Å². The second-order valence-corrected chi connectivity index (χ2v) is 5.06. The highest BCUT2D eigenvalue weighted by Crippen LogP contribution is 2.46. The number of anilines is 1. The molecule has 0 atom stereocenters. The third-order valence-corrected chi connectivity index (χ3v) is 3.48. The van der Waals surface area contributed by atoms with E-state index in [0.717, 1.165) is 35.5 Å². The predicted molar refractivity (Wildman–Crippen MR) is 65.5 cm³/mol. The molecule has 1 aliphatic rings. The van der Waals surface area contributed by atoms with E-state index >= 15 is 0 Å². The lowest BCUT2D eigenvalue weighted by Gasteiger charge is -2.01. The normalized spacial score (nSPS) is 17.1. The molecule has 0 spiro atoms. The van der Waals surface area contributed by atoms with E-state index in [2.05, 4.69) is 17.1 Å². The third-order valence-electron chi connectivity index (χ3n) is 3.48. The minimum Gasteiger partial charge on any atom is -0.399 e. The van der Waals surface area contributed by atoms with Crippen LogP contribution in [0, 0.1) is 6.92 Å². The summed E-state index contributed by atoms with van der Waals surface area (Å²) in [6, 6.07) is 5.75. The van der Waals surface area contributed by atoms with Gasteiger partial charge >= 0.3 is 0 Å². The van der Waals surface area contributed by atoms with Crippen LogP contribution in [0.15, 0.2) is 22.7 Å². The Bertz CT molecular complexity index is 570. The van der Waals surface area contributed by atoms with E-state index in [0.29, 0.717) is 5.89 Å². The largest absolute Gasteiger partial charge is 0.399 e. The average Bonchev–Trinajstić information content (AvgIpc) is 2.88. The molecule has 88 valence electrons. The summed E-state index contributed by atoms with van der Waals surface area (Å²) in [5, 5.41) is 4.06. The first-order chi connectivity index (χ1) is 8.08. The maximum absolute atomic E-state index is 5.78. The fourth-order valence-corrected chi connectivity index (χ4v) is 1.81. The number of aromatic nitrogens is 2. The molecule has 0 bridgehead atoms. The van der Waals surface area contributed by atoms with Crippen LogP contribution in [0.5, 0.6) is 0 Å². The lowest BCUT2D eigenvalue weighted by Crippen LogP contribution is -2.01. The Balaban J connectivity index is 1.98. The Morgan fingerprint density at radius 3 is 2.76 bits per heavy atom. The molecular formula is C13H15N3O. The number of nitrogens with zero attached hydrogens (tertiary/aromatic N) is 2. The van der Waals surface area contributed by atoms with Crippen molar-refractivity contribution in [1.82, 2.24) is 10.1 Å². The molecule has 0 aliphatic heterocycles. The molecule has 1 aliphatic carbocycles. The Morgan fingerprint density at radius 2 is 2.12 bits per heavy atom. The quantitative estimate of drug-likeness (QED) is 0.804. The second kappa shape index (κ2) is 3.32. The van der Waals surface area contributed by atoms with Crippen molar-refractivity contribution in [1.29, 1.82) is 0 Å². The lowest BCUT2D eigenvalue weighted by atomic mass is 10.1. The molecule has 4 heteroatoms. The first-order valence-corrected chi connectivity index (χ1v) is 5.79. The minimum absolute atomic E-state index is 0.143. The molecule has 1 saturated carbocycles. The molecule has 1 heterocycles. The summed E-state index contributed by atoms with van der Waals surface area (Å²) in [5.74, 6) is 1.40. The van der Waals surface area contributed by atoms with Crippen molar-refractivity contribution < 1.29 is 4.52 Å². The molecular weight excluding hydrogens is 214 g/mol. The smallest absolute Gasteiger partial charge is 0.257 e. The molecule has 2 aromatic rings. The molecule has 1 aromatic heterocycles. The van der Waals surface area contributed by atoms with Gasteiger partial charge in [-0.2, -0.15) is 4.98 Å². The Hall–Kier alpha value is -1.84. The van der Waals surface area contributed by atoms with E-state index in [9.17, 15) is 0 Å². The molecule has 3 rings (SSSR count). The predicted octanol–water partition coefficient (Wildman–Crippen LogP) is 2.68. The van der Waals surface area contributed by atoms with Crippen LogP contribution in [-0.4, -0.2) is 10.1 Å². The van der Waals surface area contributed by atoms with Gasteiger partial charge in [0.15, 0.2) is 5.82 Å². The maximum atomic E-state index is 5.78. The molecule has 1 aromatic carbocycles. The third kappa shape index (κ3) is 1.69. The maximum Gasteiger partial charge on any atom is 0.257 e. The summed E-state index contributed by atoms with van der Waals surface area (Å²) in [5.41, 5.74) is 8.67. The fraction of sp³-hybridized carbons (Fsp3) is 0.385. The number of hydrogen-bond donors (Lipinski definition) is 1. The molecule has 0 radical (unpaired) electrons. The summed E-state index contributed by atoms with van der Waals surface area (Å²) in [7, 11) is 0. The Labute approximate surface area is 99.8 Å². The summed E-state index contributed by atoms with van der Waals surface area (Å²) < 4.78 is 5.31. The monoisotopic (exact) mass is 229 g/mol. The van der Waals surface area contributed by atoms with Crippen molar-refractivity contribution in [3.05, 3.63) is 29.6 Å². The van der Waals surface area contributed by atoms with Crippen LogP contribution in [0.25, 0.3) is 11.5 Å². The highest BCUT2D eigenvalue weighted by atomic mass is 16.5. The second-order valence-electron chi connectivity index (χ2n) is 5.06. The van der Waals surface area contributed by atoms with Crippen LogP contribution in [0.2, 0.25) is 0 Å². The highest BCUT2D eigenvalue weighted by Gasteiger charge is 2.43.